The molecule has 0 radical (unpaired) electrons. The van der Waals surface area contributed by atoms with E-state index in [-0.39, 0.29) is 17.2 Å². The van der Waals surface area contributed by atoms with Crippen molar-refractivity contribution in [2.75, 3.05) is 0 Å². The Morgan fingerprint density at radius 1 is 1.00 bits per heavy atom. The summed E-state index contributed by atoms with van der Waals surface area (Å²) in [5.74, 6) is 0.0760. The first-order valence-electron chi connectivity index (χ1n) is 13.1. The van der Waals surface area contributed by atoms with E-state index in [2.05, 4.69) is 30.3 Å². The van der Waals surface area contributed by atoms with E-state index in [0.29, 0.717) is 26.4 Å². The van der Waals surface area contributed by atoms with E-state index < -0.39 is 5.97 Å². The van der Waals surface area contributed by atoms with E-state index >= 15 is 0 Å². The summed E-state index contributed by atoms with van der Waals surface area (Å²) in [7, 11) is 0. The van der Waals surface area contributed by atoms with Crippen LogP contribution in [0.3, 0.4) is 0 Å². The smallest absolute Gasteiger partial charge is 0.335 e. The quantitative estimate of drug-likeness (QED) is 0.320. The Kier molecular flexibility index (Phi) is 5.75. The van der Waals surface area contributed by atoms with Crippen LogP contribution in [0.4, 0.5) is 0 Å². The number of carboxylic acid groups (broad SMARTS) is 1. The highest BCUT2D eigenvalue weighted by Crippen LogP contribution is 2.41. The lowest BCUT2D eigenvalue weighted by molar-refractivity contribution is 0.0697. The molecular formula is C33H24N2O4S. The topological polar surface area (TPSA) is 84.8 Å². The van der Waals surface area contributed by atoms with Crippen LogP contribution in [-0.2, 0) is 6.42 Å². The molecule has 1 atom stereocenters. The Bertz CT molecular complexity index is 2030. The van der Waals surface area contributed by atoms with Crippen molar-refractivity contribution in [1.29, 1.82) is 0 Å². The van der Waals surface area contributed by atoms with Gasteiger partial charge in [0.25, 0.3) is 5.56 Å². The van der Waals surface area contributed by atoms with Gasteiger partial charge in [-0.15, -0.1) is 0 Å². The molecule has 0 saturated carbocycles. The third kappa shape index (κ3) is 3.98. The molecule has 2 aliphatic rings. The second kappa shape index (κ2) is 9.47. The van der Waals surface area contributed by atoms with Crippen LogP contribution in [0.1, 0.15) is 50.8 Å². The predicted molar refractivity (Wildman–Crippen MR) is 155 cm³/mol. The number of furan rings is 1. The van der Waals surface area contributed by atoms with Gasteiger partial charge in [0, 0.05) is 17.2 Å². The lowest BCUT2D eigenvalue weighted by atomic mass is 9.83. The number of fused-ring (bicyclic) bond motifs is 3. The van der Waals surface area contributed by atoms with Crippen LogP contribution in [0, 0.1) is 6.92 Å². The van der Waals surface area contributed by atoms with Crippen LogP contribution in [-0.4, -0.2) is 15.6 Å². The molecule has 1 aliphatic carbocycles. The van der Waals surface area contributed by atoms with Crippen LogP contribution in [0.2, 0.25) is 0 Å². The maximum absolute atomic E-state index is 13.9. The summed E-state index contributed by atoms with van der Waals surface area (Å²) in [6.45, 7) is 1.91. The van der Waals surface area contributed by atoms with Gasteiger partial charge < -0.3 is 9.52 Å². The number of benzene rings is 3. The zero-order valence-corrected chi connectivity index (χ0v) is 22.4. The van der Waals surface area contributed by atoms with Crippen LogP contribution in [0.15, 0.2) is 105 Å². The zero-order valence-electron chi connectivity index (χ0n) is 21.6. The summed E-state index contributed by atoms with van der Waals surface area (Å²) >= 11 is 1.36. The molecule has 0 amide bonds. The summed E-state index contributed by atoms with van der Waals surface area (Å²) in [6, 6.07) is 26.9. The Hall–Kier alpha value is -4.75. The minimum absolute atomic E-state index is 0.106. The Morgan fingerprint density at radius 2 is 1.80 bits per heavy atom. The number of aromatic carboxylic acids is 1. The van der Waals surface area contributed by atoms with Gasteiger partial charge in [-0.3, -0.25) is 9.36 Å². The van der Waals surface area contributed by atoms with Gasteiger partial charge in [0.05, 0.1) is 21.8 Å². The zero-order chi connectivity index (χ0) is 27.4. The fourth-order valence-electron chi connectivity index (χ4n) is 5.68. The SMILES string of the molecule is Cc1ccc(C(=O)O)cc1-c1ccc(C=c2sc3n(c2=O)C(c2ccccc2)C2=C(N=3)c3ccccc3CC2)o1. The van der Waals surface area contributed by atoms with Crippen molar-refractivity contribution in [3.8, 4) is 11.3 Å². The number of carbonyl (C=O) groups is 1. The predicted octanol–water partition coefficient (Wildman–Crippen LogP) is 5.59. The van der Waals surface area contributed by atoms with Gasteiger partial charge in [0.1, 0.15) is 11.5 Å². The van der Waals surface area contributed by atoms with Crippen LogP contribution >= 0.6 is 11.3 Å². The molecule has 196 valence electrons. The molecule has 6 nitrogen and oxygen atoms in total. The number of rotatable bonds is 4. The largest absolute Gasteiger partial charge is 0.478 e. The average Bonchev–Trinajstić information content (AvgIpc) is 3.56. The first-order valence-corrected chi connectivity index (χ1v) is 13.9. The molecule has 0 saturated heterocycles. The highest BCUT2D eigenvalue weighted by molar-refractivity contribution is 7.07. The molecule has 7 heteroatoms. The van der Waals surface area contributed by atoms with Crippen molar-refractivity contribution in [3.63, 3.8) is 0 Å². The number of carboxylic acids is 1. The van der Waals surface area contributed by atoms with E-state index in [0.717, 1.165) is 40.8 Å². The van der Waals surface area contributed by atoms with E-state index in [9.17, 15) is 14.7 Å². The summed E-state index contributed by atoms with van der Waals surface area (Å²) in [6.07, 6.45) is 3.51. The monoisotopic (exact) mass is 544 g/mol. The van der Waals surface area contributed by atoms with Crippen molar-refractivity contribution in [2.24, 2.45) is 4.99 Å². The van der Waals surface area contributed by atoms with Crippen molar-refractivity contribution in [2.45, 2.75) is 25.8 Å². The first kappa shape index (κ1) is 24.3. The van der Waals surface area contributed by atoms with Gasteiger partial charge in [-0.25, -0.2) is 9.79 Å². The van der Waals surface area contributed by atoms with Gasteiger partial charge in [0.2, 0.25) is 0 Å². The lowest BCUT2D eigenvalue weighted by Crippen LogP contribution is -2.38. The first-order chi connectivity index (χ1) is 19.5. The third-order valence-electron chi connectivity index (χ3n) is 7.64. The molecule has 1 aliphatic heterocycles. The number of nitrogens with zero attached hydrogens (tertiary/aromatic N) is 2. The normalized spacial score (nSPS) is 16.2. The maximum Gasteiger partial charge on any atom is 0.335 e. The molecule has 0 fully saturated rings. The summed E-state index contributed by atoms with van der Waals surface area (Å²) in [5.41, 5.74) is 7.30. The molecule has 2 aromatic heterocycles. The minimum Gasteiger partial charge on any atom is -0.478 e. The maximum atomic E-state index is 13.9. The van der Waals surface area contributed by atoms with Crippen molar-refractivity contribution < 1.29 is 14.3 Å². The van der Waals surface area contributed by atoms with Crippen LogP contribution < -0.4 is 14.9 Å². The van der Waals surface area contributed by atoms with E-state index in [1.54, 1.807) is 36.4 Å². The van der Waals surface area contributed by atoms with Crippen molar-refractivity contribution in [3.05, 3.63) is 144 Å². The summed E-state index contributed by atoms with van der Waals surface area (Å²) in [5, 5.41) is 9.41. The number of thiazole rings is 1. The molecule has 7 rings (SSSR count). The molecule has 3 heterocycles. The fourth-order valence-corrected chi connectivity index (χ4v) is 6.66. The molecule has 5 aromatic rings. The third-order valence-corrected chi connectivity index (χ3v) is 8.62. The summed E-state index contributed by atoms with van der Waals surface area (Å²) < 4.78 is 8.45. The molecule has 3 aromatic carbocycles. The second-order valence-electron chi connectivity index (χ2n) is 10.1. The summed E-state index contributed by atoms with van der Waals surface area (Å²) in [4.78, 5) is 31.1. The average molecular weight is 545 g/mol. The van der Waals surface area contributed by atoms with Gasteiger partial charge in [-0.05, 0) is 66.3 Å². The van der Waals surface area contributed by atoms with Gasteiger partial charge >= 0.3 is 5.97 Å². The van der Waals surface area contributed by atoms with Crippen molar-refractivity contribution in [1.82, 2.24) is 4.57 Å². The number of aryl methyl sites for hydroxylation is 2. The molecule has 0 bridgehead atoms. The fraction of sp³-hybridized carbons (Fsp3) is 0.121. The molecule has 40 heavy (non-hydrogen) atoms. The molecule has 1 N–H and O–H groups in total. The van der Waals surface area contributed by atoms with Gasteiger partial charge in [-0.1, -0.05) is 72.0 Å². The standard InChI is InChI=1S/C33H24N2O4S/c1-19-11-12-22(32(37)38)17-26(19)27-16-14-23(39-27)18-28-31(36)35-30(21-8-3-2-4-9-21)25-15-13-20-7-5-6-10-24(20)29(25)34-33(35)40-28/h2-12,14,16-18,30H,13,15H2,1H3,(H,37,38). The number of aromatic nitrogens is 1. The van der Waals surface area contributed by atoms with E-state index in [4.69, 9.17) is 9.41 Å². The lowest BCUT2D eigenvalue weighted by Gasteiger charge is -2.30. The number of allylic oxidation sites excluding steroid dienone is 1. The van der Waals surface area contributed by atoms with Gasteiger partial charge in [-0.2, -0.15) is 0 Å². The number of hydrogen-bond donors (Lipinski definition) is 1. The van der Waals surface area contributed by atoms with Crippen LogP contribution in [0.5, 0.6) is 0 Å². The highest BCUT2D eigenvalue weighted by atomic mass is 32.1. The van der Waals surface area contributed by atoms with E-state index in [1.165, 1.54) is 16.9 Å². The Balaban J connectivity index is 1.38. The molecule has 0 spiro atoms. The van der Waals surface area contributed by atoms with Crippen LogP contribution in [0.25, 0.3) is 23.1 Å². The van der Waals surface area contributed by atoms with E-state index in [1.807, 2.05) is 35.8 Å². The Morgan fingerprint density at radius 3 is 2.62 bits per heavy atom. The van der Waals surface area contributed by atoms with Crippen molar-refractivity contribution >= 4 is 29.1 Å². The Labute approximate surface area is 233 Å². The molecule has 1 unspecified atom stereocenters. The second-order valence-corrected chi connectivity index (χ2v) is 11.1. The minimum atomic E-state index is -0.993. The number of hydrogen-bond acceptors (Lipinski definition) is 5. The molecular weight excluding hydrogens is 520 g/mol. The highest BCUT2D eigenvalue weighted by Gasteiger charge is 2.32. The van der Waals surface area contributed by atoms with Gasteiger partial charge in [0.15, 0.2) is 4.80 Å².